The van der Waals surface area contributed by atoms with Crippen LogP contribution in [0.25, 0.3) is 0 Å². The van der Waals surface area contributed by atoms with Crippen molar-refractivity contribution in [3.8, 4) is 0 Å². The van der Waals surface area contributed by atoms with E-state index in [0.29, 0.717) is 0 Å². The molecule has 0 radical (unpaired) electrons. The van der Waals surface area contributed by atoms with Crippen molar-refractivity contribution in [2.45, 2.75) is 39.9 Å². The van der Waals surface area contributed by atoms with Gasteiger partial charge in [-0.25, -0.2) is 0 Å². The first-order valence-corrected chi connectivity index (χ1v) is 7.67. The molecule has 0 saturated heterocycles. The molecular formula is C16H26N4O. The van der Waals surface area contributed by atoms with Gasteiger partial charge in [0.15, 0.2) is 0 Å². The van der Waals surface area contributed by atoms with E-state index < -0.39 is 0 Å². The van der Waals surface area contributed by atoms with E-state index in [-0.39, 0.29) is 0 Å². The van der Waals surface area contributed by atoms with Gasteiger partial charge in [0.1, 0.15) is 0 Å². The van der Waals surface area contributed by atoms with Gasteiger partial charge < -0.3 is 14.6 Å². The Morgan fingerprint density at radius 3 is 2.86 bits per heavy atom. The number of aryl methyl sites for hydroxylation is 2. The molecular weight excluding hydrogens is 264 g/mol. The predicted octanol–water partition coefficient (Wildman–Crippen LogP) is 2.05. The Labute approximate surface area is 126 Å². The predicted molar refractivity (Wildman–Crippen MR) is 84.4 cm³/mol. The van der Waals surface area contributed by atoms with Crippen molar-refractivity contribution in [2.75, 3.05) is 20.3 Å². The molecule has 116 valence electrons. The Hall–Kier alpha value is -1.59. The molecule has 0 fully saturated rings. The van der Waals surface area contributed by atoms with Crippen LogP contribution in [0.2, 0.25) is 0 Å². The van der Waals surface area contributed by atoms with Crippen LogP contribution in [0.1, 0.15) is 30.9 Å². The number of rotatable bonds is 9. The minimum Gasteiger partial charge on any atom is -0.383 e. The molecule has 0 bridgehead atoms. The lowest BCUT2D eigenvalue weighted by Gasteiger charge is -2.11. The molecule has 0 atom stereocenters. The number of nitrogens with one attached hydrogen (secondary N) is 1. The first kappa shape index (κ1) is 15.8. The van der Waals surface area contributed by atoms with Crippen molar-refractivity contribution in [2.24, 2.45) is 0 Å². The maximum atomic E-state index is 5.05. The van der Waals surface area contributed by atoms with Crippen molar-refractivity contribution in [3.63, 3.8) is 0 Å². The lowest BCUT2D eigenvalue weighted by Crippen LogP contribution is -2.20. The van der Waals surface area contributed by atoms with Gasteiger partial charge >= 0.3 is 0 Å². The summed E-state index contributed by atoms with van der Waals surface area (Å²) in [7, 11) is 1.72. The van der Waals surface area contributed by atoms with Gasteiger partial charge in [0, 0.05) is 38.6 Å². The number of hydrogen-bond donors (Lipinski definition) is 1. The van der Waals surface area contributed by atoms with Gasteiger partial charge in [-0.3, -0.25) is 4.68 Å². The van der Waals surface area contributed by atoms with Crippen LogP contribution < -0.4 is 5.32 Å². The minimum atomic E-state index is 0.739. The van der Waals surface area contributed by atoms with Gasteiger partial charge in [-0.2, -0.15) is 5.10 Å². The van der Waals surface area contributed by atoms with Gasteiger partial charge in [-0.15, -0.1) is 0 Å². The zero-order valence-corrected chi connectivity index (χ0v) is 13.3. The smallest absolute Gasteiger partial charge is 0.0642 e. The van der Waals surface area contributed by atoms with Crippen LogP contribution in [0.5, 0.6) is 0 Å². The standard InChI is InChI=1S/C16H26N4O/c1-4-14-11-16(20(5-2)18-14)13-19-9-6-7-15(19)12-17-8-10-21-3/h6-7,9,11,17H,4-5,8,10,12-13H2,1-3H3. The van der Waals surface area contributed by atoms with Crippen LogP contribution in [-0.2, 0) is 30.8 Å². The highest BCUT2D eigenvalue weighted by Gasteiger charge is 2.08. The summed E-state index contributed by atoms with van der Waals surface area (Å²) in [5.74, 6) is 0. The Balaban J connectivity index is 2.02. The molecule has 5 heteroatoms. The third kappa shape index (κ3) is 4.19. The molecule has 0 aliphatic rings. The topological polar surface area (TPSA) is 44.0 Å². The lowest BCUT2D eigenvalue weighted by molar-refractivity contribution is 0.199. The second-order valence-corrected chi connectivity index (χ2v) is 5.09. The summed E-state index contributed by atoms with van der Waals surface area (Å²) in [5.41, 5.74) is 3.72. The summed E-state index contributed by atoms with van der Waals surface area (Å²) in [5, 5.41) is 8.01. The number of aromatic nitrogens is 3. The van der Waals surface area contributed by atoms with Gasteiger partial charge in [0.05, 0.1) is 24.5 Å². The van der Waals surface area contributed by atoms with E-state index >= 15 is 0 Å². The normalized spacial score (nSPS) is 11.2. The van der Waals surface area contributed by atoms with Gasteiger partial charge in [-0.1, -0.05) is 6.92 Å². The van der Waals surface area contributed by atoms with E-state index in [1.165, 1.54) is 17.1 Å². The van der Waals surface area contributed by atoms with Crippen LogP contribution in [0.3, 0.4) is 0 Å². The third-order valence-electron chi connectivity index (χ3n) is 3.62. The summed E-state index contributed by atoms with van der Waals surface area (Å²) in [6.45, 7) is 8.54. The quantitative estimate of drug-likeness (QED) is 0.719. The van der Waals surface area contributed by atoms with E-state index in [9.17, 15) is 0 Å². The number of hydrogen-bond acceptors (Lipinski definition) is 3. The maximum Gasteiger partial charge on any atom is 0.0642 e. The van der Waals surface area contributed by atoms with Crippen molar-refractivity contribution < 1.29 is 4.74 Å². The third-order valence-corrected chi connectivity index (χ3v) is 3.62. The number of ether oxygens (including phenoxy) is 1. The summed E-state index contributed by atoms with van der Waals surface area (Å²) < 4.78 is 9.43. The van der Waals surface area contributed by atoms with Crippen LogP contribution in [0, 0.1) is 0 Å². The average Bonchev–Trinajstić information content (AvgIpc) is 3.10. The van der Waals surface area contributed by atoms with Crippen LogP contribution >= 0.6 is 0 Å². The molecule has 0 unspecified atom stereocenters. The monoisotopic (exact) mass is 290 g/mol. The molecule has 2 rings (SSSR count). The molecule has 2 heterocycles. The first-order valence-electron chi connectivity index (χ1n) is 7.67. The Morgan fingerprint density at radius 1 is 1.29 bits per heavy atom. The summed E-state index contributed by atoms with van der Waals surface area (Å²) in [6.07, 6.45) is 3.11. The SMILES string of the molecule is CCc1cc(Cn2cccc2CNCCOC)n(CC)n1. The second-order valence-electron chi connectivity index (χ2n) is 5.09. The van der Waals surface area contributed by atoms with Crippen molar-refractivity contribution >= 4 is 0 Å². The zero-order valence-electron chi connectivity index (χ0n) is 13.3. The maximum absolute atomic E-state index is 5.05. The highest BCUT2D eigenvalue weighted by Crippen LogP contribution is 2.11. The van der Waals surface area contributed by atoms with Gasteiger partial charge in [-0.05, 0) is 31.5 Å². The van der Waals surface area contributed by atoms with E-state index in [4.69, 9.17) is 4.74 Å². The minimum absolute atomic E-state index is 0.739. The molecule has 5 nitrogen and oxygen atoms in total. The summed E-state index contributed by atoms with van der Waals surface area (Å²) in [4.78, 5) is 0. The molecule has 2 aromatic rings. The van der Waals surface area contributed by atoms with E-state index in [2.05, 4.69) is 57.9 Å². The molecule has 0 aliphatic carbocycles. The largest absolute Gasteiger partial charge is 0.383 e. The van der Waals surface area contributed by atoms with E-state index in [0.717, 1.165) is 39.2 Å². The summed E-state index contributed by atoms with van der Waals surface area (Å²) >= 11 is 0. The van der Waals surface area contributed by atoms with Gasteiger partial charge in [0.2, 0.25) is 0 Å². The molecule has 21 heavy (non-hydrogen) atoms. The fraction of sp³-hybridized carbons (Fsp3) is 0.562. The van der Waals surface area contributed by atoms with Crippen molar-refractivity contribution in [1.29, 1.82) is 0 Å². The lowest BCUT2D eigenvalue weighted by atomic mass is 10.3. The molecule has 0 amide bonds. The first-order chi connectivity index (χ1) is 10.3. The molecule has 0 spiro atoms. The fourth-order valence-corrected chi connectivity index (χ4v) is 2.42. The molecule has 0 aliphatic heterocycles. The highest BCUT2D eigenvalue weighted by atomic mass is 16.5. The van der Waals surface area contributed by atoms with Crippen LogP contribution in [-0.4, -0.2) is 34.6 Å². The summed E-state index contributed by atoms with van der Waals surface area (Å²) in [6, 6.07) is 6.47. The zero-order chi connectivity index (χ0) is 15.1. The van der Waals surface area contributed by atoms with E-state index in [1.807, 2.05) is 0 Å². The molecule has 0 aromatic carbocycles. The van der Waals surface area contributed by atoms with Crippen molar-refractivity contribution in [1.82, 2.24) is 19.7 Å². The Morgan fingerprint density at radius 2 is 2.14 bits per heavy atom. The molecule has 2 aromatic heterocycles. The second kappa shape index (κ2) is 8.00. The molecule has 0 saturated carbocycles. The Kier molecular flexibility index (Phi) is 6.02. The Bertz CT molecular complexity index is 544. The number of methoxy groups -OCH3 is 1. The van der Waals surface area contributed by atoms with Gasteiger partial charge in [0.25, 0.3) is 0 Å². The average molecular weight is 290 g/mol. The fourth-order valence-electron chi connectivity index (χ4n) is 2.42. The molecule has 1 N–H and O–H groups in total. The van der Waals surface area contributed by atoms with Crippen molar-refractivity contribution in [3.05, 3.63) is 41.5 Å². The van der Waals surface area contributed by atoms with Crippen LogP contribution in [0.4, 0.5) is 0 Å². The van der Waals surface area contributed by atoms with E-state index in [1.54, 1.807) is 7.11 Å². The highest BCUT2D eigenvalue weighted by molar-refractivity contribution is 5.14. The van der Waals surface area contributed by atoms with Crippen LogP contribution in [0.15, 0.2) is 24.4 Å². The number of nitrogens with zero attached hydrogens (tertiary/aromatic N) is 3.